The van der Waals surface area contributed by atoms with E-state index in [1.807, 2.05) is 14.1 Å². The van der Waals surface area contributed by atoms with Gasteiger partial charge >= 0.3 is 0 Å². The Morgan fingerprint density at radius 3 is 2.75 bits per heavy atom. The van der Waals surface area contributed by atoms with Crippen LogP contribution in [0.3, 0.4) is 0 Å². The first kappa shape index (κ1) is 17.9. The summed E-state index contributed by atoms with van der Waals surface area (Å²) < 4.78 is 11.6. The average molecular weight is 287 g/mol. The Balaban J connectivity index is 2.29. The van der Waals surface area contributed by atoms with Gasteiger partial charge in [-0.2, -0.15) is 0 Å². The van der Waals surface area contributed by atoms with Crippen LogP contribution >= 0.6 is 0 Å². The number of piperidine rings is 1. The summed E-state index contributed by atoms with van der Waals surface area (Å²) >= 11 is 0. The van der Waals surface area contributed by atoms with Gasteiger partial charge in [-0.15, -0.1) is 0 Å². The summed E-state index contributed by atoms with van der Waals surface area (Å²) in [5.41, 5.74) is 6.35. The van der Waals surface area contributed by atoms with E-state index >= 15 is 0 Å². The zero-order chi connectivity index (χ0) is 15.0. The summed E-state index contributed by atoms with van der Waals surface area (Å²) in [6.45, 7) is 9.21. The van der Waals surface area contributed by atoms with Gasteiger partial charge in [-0.05, 0) is 33.0 Å². The number of nitrogens with one attached hydrogen (secondary N) is 1. The average Bonchev–Trinajstić information content (AvgIpc) is 2.43. The molecule has 1 aliphatic rings. The molecule has 3 atom stereocenters. The third-order valence-corrected chi connectivity index (χ3v) is 4.37. The molecule has 3 N–H and O–H groups in total. The van der Waals surface area contributed by atoms with Crippen molar-refractivity contribution >= 4 is 0 Å². The molecule has 1 heterocycles. The molecule has 20 heavy (non-hydrogen) atoms. The highest BCUT2D eigenvalue weighted by Gasteiger charge is 2.41. The van der Waals surface area contributed by atoms with E-state index in [4.69, 9.17) is 15.2 Å². The summed E-state index contributed by atoms with van der Waals surface area (Å²) in [5, 5.41) is 3.40. The van der Waals surface area contributed by atoms with Crippen molar-refractivity contribution in [2.24, 2.45) is 11.7 Å². The zero-order valence-corrected chi connectivity index (χ0v) is 13.7. The lowest BCUT2D eigenvalue weighted by Gasteiger charge is -2.45. The fourth-order valence-corrected chi connectivity index (χ4v) is 2.63. The van der Waals surface area contributed by atoms with Gasteiger partial charge in [0.1, 0.15) is 0 Å². The van der Waals surface area contributed by atoms with Gasteiger partial charge in [-0.1, -0.05) is 20.3 Å². The van der Waals surface area contributed by atoms with Crippen molar-refractivity contribution in [3.05, 3.63) is 0 Å². The van der Waals surface area contributed by atoms with Crippen LogP contribution in [0.15, 0.2) is 0 Å². The van der Waals surface area contributed by atoms with E-state index in [-0.39, 0.29) is 11.6 Å². The molecule has 1 aliphatic heterocycles. The van der Waals surface area contributed by atoms with Crippen LogP contribution in [-0.2, 0) is 9.47 Å². The third-order valence-electron chi connectivity index (χ3n) is 4.37. The summed E-state index contributed by atoms with van der Waals surface area (Å²) in [4.78, 5) is 2.11. The lowest BCUT2D eigenvalue weighted by Crippen LogP contribution is -2.65. The smallest absolute Gasteiger partial charge is 0.0782 e. The highest BCUT2D eigenvalue weighted by Crippen LogP contribution is 2.27. The summed E-state index contributed by atoms with van der Waals surface area (Å²) in [7, 11) is 4.09. The second kappa shape index (κ2) is 8.95. The monoisotopic (exact) mass is 287 g/mol. The molecule has 5 nitrogen and oxygen atoms in total. The predicted molar refractivity (Wildman–Crippen MR) is 83.0 cm³/mol. The quantitative estimate of drug-likeness (QED) is 0.611. The van der Waals surface area contributed by atoms with Crippen LogP contribution in [0.2, 0.25) is 0 Å². The molecule has 0 aromatic rings. The number of hydrogen-bond donors (Lipinski definition) is 2. The zero-order valence-electron chi connectivity index (χ0n) is 13.7. The lowest BCUT2D eigenvalue weighted by atomic mass is 9.76. The largest absolute Gasteiger partial charge is 0.378 e. The van der Waals surface area contributed by atoms with Gasteiger partial charge in [0.05, 0.1) is 31.5 Å². The number of hydrogen-bond acceptors (Lipinski definition) is 5. The fourth-order valence-electron chi connectivity index (χ4n) is 2.63. The van der Waals surface area contributed by atoms with Crippen molar-refractivity contribution in [2.75, 3.05) is 53.6 Å². The molecule has 0 bridgehead atoms. The maximum Gasteiger partial charge on any atom is 0.0782 e. The van der Waals surface area contributed by atoms with Crippen molar-refractivity contribution in [3.8, 4) is 0 Å². The molecule has 0 saturated carbocycles. The first-order valence-electron chi connectivity index (χ1n) is 7.84. The van der Waals surface area contributed by atoms with Crippen LogP contribution < -0.4 is 11.1 Å². The molecule has 2 unspecified atom stereocenters. The molecule has 0 spiro atoms. The fraction of sp³-hybridized carbons (Fsp3) is 1.00. The highest BCUT2D eigenvalue weighted by atomic mass is 16.5. The Labute approximate surface area is 124 Å². The Kier molecular flexibility index (Phi) is 7.99. The van der Waals surface area contributed by atoms with Gasteiger partial charge in [0.2, 0.25) is 0 Å². The van der Waals surface area contributed by atoms with Gasteiger partial charge < -0.3 is 25.4 Å². The number of likely N-dealkylation sites (N-methyl/N-ethyl adjacent to an activating group) is 1. The number of ether oxygens (including phenoxy) is 2. The minimum atomic E-state index is -0.253. The molecular formula is C15H33N3O2. The van der Waals surface area contributed by atoms with E-state index in [9.17, 15) is 0 Å². The first-order valence-corrected chi connectivity index (χ1v) is 7.84. The van der Waals surface area contributed by atoms with Crippen LogP contribution in [0, 0.1) is 5.92 Å². The van der Waals surface area contributed by atoms with Gasteiger partial charge in [0.25, 0.3) is 0 Å². The third kappa shape index (κ3) is 5.30. The van der Waals surface area contributed by atoms with Gasteiger partial charge in [-0.3, -0.25) is 0 Å². The van der Waals surface area contributed by atoms with E-state index in [0.717, 1.165) is 39.1 Å². The molecule has 120 valence electrons. The molecule has 1 rings (SSSR count). The van der Waals surface area contributed by atoms with Gasteiger partial charge in [0.15, 0.2) is 0 Å². The normalized spacial score (nSPS) is 28.8. The van der Waals surface area contributed by atoms with E-state index in [1.54, 1.807) is 0 Å². The first-order chi connectivity index (χ1) is 9.50. The van der Waals surface area contributed by atoms with E-state index in [2.05, 4.69) is 24.1 Å². The van der Waals surface area contributed by atoms with Crippen LogP contribution in [0.4, 0.5) is 0 Å². The number of rotatable bonds is 9. The number of nitrogens with zero attached hydrogens (tertiary/aromatic N) is 1. The molecule has 0 amide bonds. The number of nitrogens with two attached hydrogens (primary N) is 1. The predicted octanol–water partition coefficient (Wildman–Crippen LogP) is 0.687. The Morgan fingerprint density at radius 1 is 1.35 bits per heavy atom. The van der Waals surface area contributed by atoms with Gasteiger partial charge in [0, 0.05) is 13.1 Å². The van der Waals surface area contributed by atoms with Crippen molar-refractivity contribution in [1.82, 2.24) is 10.2 Å². The summed E-state index contributed by atoms with van der Waals surface area (Å²) in [6, 6.07) is 0. The second-order valence-electron chi connectivity index (χ2n) is 6.16. The van der Waals surface area contributed by atoms with Crippen molar-refractivity contribution in [3.63, 3.8) is 0 Å². The molecular weight excluding hydrogens is 254 g/mol. The lowest BCUT2D eigenvalue weighted by molar-refractivity contribution is -0.0587. The van der Waals surface area contributed by atoms with E-state index in [0.29, 0.717) is 19.1 Å². The SMILES string of the molecule is CC[C@@H](C)C1(N)CNCCC1OCCOCCN(C)C. The van der Waals surface area contributed by atoms with Crippen LogP contribution in [0.1, 0.15) is 26.7 Å². The molecule has 0 aliphatic carbocycles. The van der Waals surface area contributed by atoms with Crippen LogP contribution in [-0.4, -0.2) is 70.1 Å². The topological polar surface area (TPSA) is 59.8 Å². The van der Waals surface area contributed by atoms with Crippen molar-refractivity contribution in [2.45, 2.75) is 38.3 Å². The van der Waals surface area contributed by atoms with E-state index < -0.39 is 0 Å². The second-order valence-corrected chi connectivity index (χ2v) is 6.16. The summed E-state index contributed by atoms with van der Waals surface area (Å²) in [6.07, 6.45) is 2.20. The van der Waals surface area contributed by atoms with Crippen molar-refractivity contribution in [1.29, 1.82) is 0 Å². The maximum atomic E-state index is 6.60. The van der Waals surface area contributed by atoms with Gasteiger partial charge in [-0.25, -0.2) is 0 Å². The molecule has 0 aromatic carbocycles. The molecule has 0 aromatic heterocycles. The Morgan fingerprint density at radius 2 is 2.10 bits per heavy atom. The standard InChI is InChI=1S/C15H33N3O2/c1-5-13(2)15(16)12-17-7-6-14(15)20-11-10-19-9-8-18(3)4/h13-14,17H,5-12,16H2,1-4H3/t13-,14?,15?/m1/s1. The molecule has 5 heteroatoms. The Bertz CT molecular complexity index is 264. The van der Waals surface area contributed by atoms with Crippen LogP contribution in [0.5, 0.6) is 0 Å². The minimum absolute atomic E-state index is 0.135. The Hall–Kier alpha value is -0.200. The highest BCUT2D eigenvalue weighted by molar-refractivity contribution is 5.01. The minimum Gasteiger partial charge on any atom is -0.378 e. The van der Waals surface area contributed by atoms with Crippen LogP contribution in [0.25, 0.3) is 0 Å². The summed E-state index contributed by atoms with van der Waals surface area (Å²) in [5.74, 6) is 0.454. The van der Waals surface area contributed by atoms with E-state index in [1.165, 1.54) is 0 Å². The van der Waals surface area contributed by atoms with Crippen molar-refractivity contribution < 1.29 is 9.47 Å². The molecule has 1 saturated heterocycles. The molecule has 1 fully saturated rings. The molecule has 0 radical (unpaired) electrons. The maximum absolute atomic E-state index is 6.60.